The van der Waals surface area contributed by atoms with E-state index in [1.54, 1.807) is 0 Å². The summed E-state index contributed by atoms with van der Waals surface area (Å²) in [5, 5.41) is 0. The molecule has 2 aromatic rings. The molecule has 3 N–H and O–H groups in total. The first kappa shape index (κ1) is 15.0. The van der Waals surface area contributed by atoms with Crippen molar-refractivity contribution in [3.05, 3.63) is 68.0 Å². The molecule has 0 radical (unpaired) electrons. The van der Waals surface area contributed by atoms with Crippen LogP contribution < -0.4 is 17.0 Å². The fourth-order valence-corrected chi connectivity index (χ4v) is 1.86. The number of benzene rings is 1. The average molecular weight is 299 g/mol. The van der Waals surface area contributed by atoms with Gasteiger partial charge in [0.1, 0.15) is 0 Å². The summed E-state index contributed by atoms with van der Waals surface area (Å²) in [5.74, 6) is 0. The Bertz CT molecular complexity index is 762. The van der Waals surface area contributed by atoms with Gasteiger partial charge < -0.3 is 5.73 Å². The number of rotatable bonds is 3. The van der Waals surface area contributed by atoms with Crippen molar-refractivity contribution in [2.45, 2.75) is 19.3 Å². The first-order chi connectivity index (χ1) is 9.81. The van der Waals surface area contributed by atoms with Crippen LogP contribution in [-0.4, -0.2) is 9.55 Å². The molecule has 8 heteroatoms. The molecule has 0 spiro atoms. The van der Waals surface area contributed by atoms with Gasteiger partial charge in [0.15, 0.2) is 0 Å². The van der Waals surface area contributed by atoms with E-state index in [0.717, 1.165) is 16.7 Å². The van der Waals surface area contributed by atoms with Crippen LogP contribution in [0.15, 0.2) is 40.1 Å². The van der Waals surface area contributed by atoms with Crippen molar-refractivity contribution < 1.29 is 13.2 Å². The van der Waals surface area contributed by atoms with Crippen LogP contribution in [0.5, 0.6) is 0 Å². The van der Waals surface area contributed by atoms with Crippen LogP contribution in [0, 0.1) is 0 Å². The fourth-order valence-electron chi connectivity index (χ4n) is 1.86. The first-order valence-electron chi connectivity index (χ1n) is 6.00. The molecule has 2 rings (SSSR count). The van der Waals surface area contributed by atoms with Crippen LogP contribution >= 0.6 is 0 Å². The normalized spacial score (nSPS) is 11.6. The zero-order valence-electron chi connectivity index (χ0n) is 10.8. The minimum absolute atomic E-state index is 0.0712. The zero-order valence-corrected chi connectivity index (χ0v) is 10.8. The molecule has 0 bridgehead atoms. The van der Waals surface area contributed by atoms with Crippen LogP contribution in [0.3, 0.4) is 0 Å². The number of hydrogen-bond donors (Lipinski definition) is 2. The van der Waals surface area contributed by atoms with Crippen molar-refractivity contribution in [1.29, 1.82) is 0 Å². The number of nitrogens with two attached hydrogens (primary N) is 1. The molecule has 112 valence electrons. The van der Waals surface area contributed by atoms with E-state index >= 15 is 0 Å². The van der Waals surface area contributed by atoms with Gasteiger partial charge >= 0.3 is 11.9 Å². The molecule has 1 heterocycles. The molecule has 0 unspecified atom stereocenters. The van der Waals surface area contributed by atoms with Gasteiger partial charge in [0.25, 0.3) is 5.56 Å². The number of aromatic nitrogens is 2. The SMILES string of the molecule is NCc1cn(Cc2cccc(C(F)(F)F)c2)c(=O)[nH]c1=O. The lowest BCUT2D eigenvalue weighted by Crippen LogP contribution is -2.32. The molecule has 0 amide bonds. The van der Waals surface area contributed by atoms with Gasteiger partial charge in [-0.1, -0.05) is 12.1 Å². The van der Waals surface area contributed by atoms with E-state index in [4.69, 9.17) is 5.73 Å². The lowest BCUT2D eigenvalue weighted by Gasteiger charge is -2.10. The molecule has 0 fully saturated rings. The molecular formula is C13H12F3N3O2. The molecular weight excluding hydrogens is 287 g/mol. The van der Waals surface area contributed by atoms with Crippen LogP contribution in [0.1, 0.15) is 16.7 Å². The van der Waals surface area contributed by atoms with Crippen LogP contribution in [0.2, 0.25) is 0 Å². The van der Waals surface area contributed by atoms with Crippen molar-refractivity contribution in [3.63, 3.8) is 0 Å². The molecule has 0 aliphatic heterocycles. The molecule has 21 heavy (non-hydrogen) atoms. The van der Waals surface area contributed by atoms with E-state index in [9.17, 15) is 22.8 Å². The number of nitrogens with zero attached hydrogens (tertiary/aromatic N) is 1. The largest absolute Gasteiger partial charge is 0.416 e. The standard InChI is InChI=1S/C13H12F3N3O2/c14-13(15,16)10-3-1-2-8(4-10)6-19-7-9(5-17)11(20)18-12(19)21/h1-4,7H,5-6,17H2,(H,18,20,21). The maximum atomic E-state index is 12.6. The van der Waals surface area contributed by atoms with E-state index in [1.165, 1.54) is 18.3 Å². The second kappa shape index (κ2) is 5.57. The number of H-pyrrole nitrogens is 1. The third-order valence-electron chi connectivity index (χ3n) is 2.91. The summed E-state index contributed by atoms with van der Waals surface area (Å²) in [6.07, 6.45) is -3.20. The molecule has 0 saturated carbocycles. The summed E-state index contributed by atoms with van der Waals surface area (Å²) < 4.78 is 39.0. The Labute approximate surface area is 116 Å². The minimum Gasteiger partial charge on any atom is -0.326 e. The highest BCUT2D eigenvalue weighted by molar-refractivity contribution is 5.26. The van der Waals surface area contributed by atoms with Gasteiger partial charge in [-0.2, -0.15) is 13.2 Å². The van der Waals surface area contributed by atoms with Crippen LogP contribution in [0.25, 0.3) is 0 Å². The number of hydrogen-bond acceptors (Lipinski definition) is 3. The van der Waals surface area contributed by atoms with Crippen LogP contribution in [-0.2, 0) is 19.3 Å². The second-order valence-electron chi connectivity index (χ2n) is 4.44. The number of alkyl halides is 3. The van der Waals surface area contributed by atoms with Crippen molar-refractivity contribution >= 4 is 0 Å². The molecule has 0 aliphatic rings. The van der Waals surface area contributed by atoms with Gasteiger partial charge in [-0.3, -0.25) is 14.3 Å². The van der Waals surface area contributed by atoms with E-state index < -0.39 is 23.0 Å². The van der Waals surface area contributed by atoms with Crippen molar-refractivity contribution in [2.75, 3.05) is 0 Å². The summed E-state index contributed by atoms with van der Waals surface area (Å²) >= 11 is 0. The van der Waals surface area contributed by atoms with Crippen molar-refractivity contribution in [3.8, 4) is 0 Å². The van der Waals surface area contributed by atoms with Gasteiger partial charge in [-0.05, 0) is 17.7 Å². The van der Waals surface area contributed by atoms with E-state index in [-0.39, 0.29) is 18.7 Å². The average Bonchev–Trinajstić information content (AvgIpc) is 2.41. The monoisotopic (exact) mass is 299 g/mol. The quantitative estimate of drug-likeness (QED) is 0.889. The van der Waals surface area contributed by atoms with Gasteiger partial charge in [0.05, 0.1) is 12.1 Å². The van der Waals surface area contributed by atoms with Gasteiger partial charge in [0, 0.05) is 18.3 Å². The van der Waals surface area contributed by atoms with Crippen molar-refractivity contribution in [2.24, 2.45) is 5.73 Å². The molecule has 5 nitrogen and oxygen atoms in total. The third-order valence-corrected chi connectivity index (χ3v) is 2.91. The highest BCUT2D eigenvalue weighted by Gasteiger charge is 2.30. The van der Waals surface area contributed by atoms with E-state index in [1.807, 2.05) is 0 Å². The maximum absolute atomic E-state index is 12.6. The molecule has 1 aromatic carbocycles. The Hall–Kier alpha value is -2.35. The van der Waals surface area contributed by atoms with Gasteiger partial charge in [-0.25, -0.2) is 4.79 Å². The fraction of sp³-hybridized carbons (Fsp3) is 0.231. The first-order valence-corrected chi connectivity index (χ1v) is 6.00. The summed E-state index contributed by atoms with van der Waals surface area (Å²) in [5.41, 5.74) is 3.75. The third kappa shape index (κ3) is 3.40. The summed E-state index contributed by atoms with van der Waals surface area (Å²) in [4.78, 5) is 25.1. The van der Waals surface area contributed by atoms with E-state index in [0.29, 0.717) is 5.56 Å². The topological polar surface area (TPSA) is 80.9 Å². The van der Waals surface area contributed by atoms with Crippen molar-refractivity contribution in [1.82, 2.24) is 9.55 Å². The Kier molecular flexibility index (Phi) is 3.99. The predicted octanol–water partition coefficient (Wildman–Crippen LogP) is 1.06. The summed E-state index contributed by atoms with van der Waals surface area (Å²) in [6, 6.07) is 4.64. The minimum atomic E-state index is -4.45. The molecule has 0 saturated heterocycles. The molecule has 1 aromatic heterocycles. The Morgan fingerprint density at radius 1 is 1.24 bits per heavy atom. The smallest absolute Gasteiger partial charge is 0.326 e. The number of halogens is 3. The van der Waals surface area contributed by atoms with Gasteiger partial charge in [-0.15, -0.1) is 0 Å². The Morgan fingerprint density at radius 3 is 2.57 bits per heavy atom. The van der Waals surface area contributed by atoms with E-state index in [2.05, 4.69) is 4.98 Å². The molecule has 0 atom stereocenters. The summed E-state index contributed by atoms with van der Waals surface area (Å²) in [6.45, 7) is -0.162. The summed E-state index contributed by atoms with van der Waals surface area (Å²) in [7, 11) is 0. The highest BCUT2D eigenvalue weighted by atomic mass is 19.4. The Morgan fingerprint density at radius 2 is 1.95 bits per heavy atom. The second-order valence-corrected chi connectivity index (χ2v) is 4.44. The predicted molar refractivity (Wildman–Crippen MR) is 69.8 cm³/mol. The van der Waals surface area contributed by atoms with Gasteiger partial charge in [0.2, 0.25) is 0 Å². The lowest BCUT2D eigenvalue weighted by atomic mass is 10.1. The maximum Gasteiger partial charge on any atom is 0.416 e. The zero-order chi connectivity index (χ0) is 15.6. The van der Waals surface area contributed by atoms with Crippen LogP contribution in [0.4, 0.5) is 13.2 Å². The highest BCUT2D eigenvalue weighted by Crippen LogP contribution is 2.29. The molecule has 0 aliphatic carbocycles. The number of aromatic amines is 1. The lowest BCUT2D eigenvalue weighted by molar-refractivity contribution is -0.137. The number of nitrogens with one attached hydrogen (secondary N) is 1. The Balaban J connectivity index is 2.39.